The van der Waals surface area contributed by atoms with Crippen molar-refractivity contribution in [3.63, 3.8) is 0 Å². The quantitative estimate of drug-likeness (QED) is 0.605. The summed E-state index contributed by atoms with van der Waals surface area (Å²) in [5, 5.41) is 0.0740. The summed E-state index contributed by atoms with van der Waals surface area (Å²) in [5.41, 5.74) is 3.56. The number of halogens is 1. The Labute approximate surface area is 78.9 Å². The van der Waals surface area contributed by atoms with Crippen LogP contribution in [0.25, 0.3) is 6.08 Å². The van der Waals surface area contributed by atoms with Crippen molar-refractivity contribution in [2.45, 2.75) is 19.2 Å². The summed E-state index contributed by atoms with van der Waals surface area (Å²) in [4.78, 5) is 0. The van der Waals surface area contributed by atoms with Crippen molar-refractivity contribution in [3.05, 3.63) is 41.5 Å². The standard InChI is InChI=1S/C11H13Cl/c1-4-10-6-5-8(2)11(7-10)9(3)12/h4-7,9H,1H2,2-3H3. The Bertz CT molecular complexity index is 287. The van der Waals surface area contributed by atoms with E-state index in [1.807, 2.05) is 19.1 Å². The minimum atomic E-state index is 0.0740. The van der Waals surface area contributed by atoms with Crippen molar-refractivity contribution in [2.75, 3.05) is 0 Å². The van der Waals surface area contributed by atoms with E-state index in [-0.39, 0.29) is 5.38 Å². The predicted octanol–water partition coefficient (Wildman–Crippen LogP) is 3.94. The fourth-order valence-corrected chi connectivity index (χ4v) is 1.45. The lowest BCUT2D eigenvalue weighted by Gasteiger charge is -2.08. The van der Waals surface area contributed by atoms with Crippen LogP contribution in [-0.4, -0.2) is 0 Å². The largest absolute Gasteiger partial charge is 0.118 e. The number of hydrogen-bond donors (Lipinski definition) is 0. The van der Waals surface area contributed by atoms with E-state index >= 15 is 0 Å². The van der Waals surface area contributed by atoms with Crippen molar-refractivity contribution in [1.29, 1.82) is 0 Å². The lowest BCUT2D eigenvalue weighted by Crippen LogP contribution is -1.89. The van der Waals surface area contributed by atoms with Crippen LogP contribution in [0, 0.1) is 6.92 Å². The fraction of sp³-hybridized carbons (Fsp3) is 0.273. The number of hydrogen-bond acceptors (Lipinski definition) is 0. The lowest BCUT2D eigenvalue weighted by molar-refractivity contribution is 1.06. The molecule has 0 N–H and O–H groups in total. The Morgan fingerprint density at radius 3 is 2.67 bits per heavy atom. The third kappa shape index (κ3) is 1.89. The monoisotopic (exact) mass is 180 g/mol. The van der Waals surface area contributed by atoms with Crippen molar-refractivity contribution >= 4 is 17.7 Å². The van der Waals surface area contributed by atoms with Gasteiger partial charge in [-0.05, 0) is 30.5 Å². The molecule has 0 radical (unpaired) electrons. The van der Waals surface area contributed by atoms with Gasteiger partial charge in [0, 0.05) is 0 Å². The minimum Gasteiger partial charge on any atom is -0.118 e. The van der Waals surface area contributed by atoms with E-state index in [4.69, 9.17) is 11.6 Å². The first-order chi connectivity index (χ1) is 5.65. The number of alkyl halides is 1. The molecule has 0 aliphatic carbocycles. The van der Waals surface area contributed by atoms with Gasteiger partial charge < -0.3 is 0 Å². The Hall–Kier alpha value is -0.750. The fourth-order valence-electron chi connectivity index (χ4n) is 1.21. The predicted molar refractivity (Wildman–Crippen MR) is 55.5 cm³/mol. The molecule has 12 heavy (non-hydrogen) atoms. The molecule has 0 amide bonds. The SMILES string of the molecule is C=Cc1ccc(C)c(C(C)Cl)c1. The molecule has 0 bridgehead atoms. The molecule has 1 aromatic rings. The summed E-state index contributed by atoms with van der Waals surface area (Å²) < 4.78 is 0. The molecule has 1 rings (SSSR count). The third-order valence-electron chi connectivity index (χ3n) is 1.97. The van der Waals surface area contributed by atoms with Crippen molar-refractivity contribution in [2.24, 2.45) is 0 Å². The second kappa shape index (κ2) is 3.77. The van der Waals surface area contributed by atoms with Crippen LogP contribution in [0.3, 0.4) is 0 Å². The van der Waals surface area contributed by atoms with Gasteiger partial charge in [0.2, 0.25) is 0 Å². The smallest absolute Gasteiger partial charge is 0.0559 e. The second-order valence-corrected chi connectivity index (χ2v) is 3.59. The highest BCUT2D eigenvalue weighted by Crippen LogP contribution is 2.24. The lowest BCUT2D eigenvalue weighted by atomic mass is 10.0. The summed E-state index contributed by atoms with van der Waals surface area (Å²) in [7, 11) is 0. The Morgan fingerprint density at radius 2 is 2.17 bits per heavy atom. The molecular weight excluding hydrogens is 168 g/mol. The summed E-state index contributed by atoms with van der Waals surface area (Å²) in [5.74, 6) is 0. The van der Waals surface area contributed by atoms with E-state index < -0.39 is 0 Å². The van der Waals surface area contributed by atoms with Crippen LogP contribution in [0.2, 0.25) is 0 Å². The topological polar surface area (TPSA) is 0 Å². The maximum absolute atomic E-state index is 6.00. The third-order valence-corrected chi connectivity index (χ3v) is 2.20. The molecular formula is C11H13Cl. The van der Waals surface area contributed by atoms with E-state index in [0.29, 0.717) is 0 Å². The first kappa shape index (κ1) is 9.34. The first-order valence-corrected chi connectivity index (χ1v) is 4.46. The van der Waals surface area contributed by atoms with Gasteiger partial charge in [-0.1, -0.05) is 30.9 Å². The highest BCUT2D eigenvalue weighted by molar-refractivity contribution is 6.20. The van der Waals surface area contributed by atoms with Gasteiger partial charge in [0.25, 0.3) is 0 Å². The molecule has 0 saturated carbocycles. The molecule has 0 heterocycles. The van der Waals surface area contributed by atoms with Gasteiger partial charge >= 0.3 is 0 Å². The second-order valence-electron chi connectivity index (χ2n) is 2.94. The molecule has 0 aromatic heterocycles. The summed E-state index contributed by atoms with van der Waals surface area (Å²) >= 11 is 6.00. The molecule has 0 fully saturated rings. The van der Waals surface area contributed by atoms with Gasteiger partial charge in [0.15, 0.2) is 0 Å². The van der Waals surface area contributed by atoms with Crippen molar-refractivity contribution < 1.29 is 0 Å². The molecule has 64 valence electrons. The van der Waals surface area contributed by atoms with Gasteiger partial charge in [-0.15, -0.1) is 11.6 Å². The Kier molecular flexibility index (Phi) is 2.93. The van der Waals surface area contributed by atoms with Gasteiger partial charge in [-0.2, -0.15) is 0 Å². The van der Waals surface area contributed by atoms with E-state index in [0.717, 1.165) is 5.56 Å². The van der Waals surface area contributed by atoms with Gasteiger partial charge in [-0.3, -0.25) is 0 Å². The Morgan fingerprint density at radius 1 is 1.50 bits per heavy atom. The molecule has 0 aliphatic heterocycles. The van der Waals surface area contributed by atoms with E-state index in [9.17, 15) is 0 Å². The highest BCUT2D eigenvalue weighted by atomic mass is 35.5. The number of rotatable bonds is 2. The molecule has 1 aromatic carbocycles. The van der Waals surface area contributed by atoms with Crippen molar-refractivity contribution in [3.8, 4) is 0 Å². The zero-order valence-corrected chi connectivity index (χ0v) is 8.23. The maximum Gasteiger partial charge on any atom is 0.0559 e. The molecule has 0 spiro atoms. The molecule has 1 unspecified atom stereocenters. The number of aryl methyl sites for hydroxylation is 1. The zero-order chi connectivity index (χ0) is 9.14. The van der Waals surface area contributed by atoms with E-state index in [1.54, 1.807) is 0 Å². The van der Waals surface area contributed by atoms with Crippen LogP contribution < -0.4 is 0 Å². The van der Waals surface area contributed by atoms with Gasteiger partial charge in [0.1, 0.15) is 0 Å². The average molecular weight is 181 g/mol. The van der Waals surface area contributed by atoms with Crippen LogP contribution in [0.15, 0.2) is 24.8 Å². The van der Waals surface area contributed by atoms with E-state index in [1.165, 1.54) is 11.1 Å². The molecule has 0 aliphatic rings. The molecule has 0 saturated heterocycles. The zero-order valence-electron chi connectivity index (χ0n) is 7.47. The molecule has 1 atom stereocenters. The average Bonchev–Trinajstić information content (AvgIpc) is 2.05. The molecule has 1 heteroatoms. The maximum atomic E-state index is 6.00. The summed E-state index contributed by atoms with van der Waals surface area (Å²) in [6.45, 7) is 7.77. The first-order valence-electron chi connectivity index (χ1n) is 4.02. The highest BCUT2D eigenvalue weighted by Gasteiger charge is 2.04. The summed E-state index contributed by atoms with van der Waals surface area (Å²) in [6.07, 6.45) is 1.84. The van der Waals surface area contributed by atoms with Gasteiger partial charge in [-0.25, -0.2) is 0 Å². The van der Waals surface area contributed by atoms with E-state index in [2.05, 4.69) is 25.6 Å². The van der Waals surface area contributed by atoms with Crippen LogP contribution >= 0.6 is 11.6 Å². The number of benzene rings is 1. The van der Waals surface area contributed by atoms with Gasteiger partial charge in [0.05, 0.1) is 5.38 Å². The van der Waals surface area contributed by atoms with Crippen LogP contribution in [0.5, 0.6) is 0 Å². The molecule has 0 nitrogen and oxygen atoms in total. The van der Waals surface area contributed by atoms with Crippen LogP contribution in [0.4, 0.5) is 0 Å². The summed E-state index contributed by atoms with van der Waals surface area (Å²) in [6, 6.07) is 6.20. The minimum absolute atomic E-state index is 0.0740. The van der Waals surface area contributed by atoms with Crippen LogP contribution in [0.1, 0.15) is 29.0 Å². The van der Waals surface area contributed by atoms with Crippen LogP contribution in [-0.2, 0) is 0 Å². The normalized spacial score (nSPS) is 12.6. The van der Waals surface area contributed by atoms with Crippen molar-refractivity contribution in [1.82, 2.24) is 0 Å². The Balaban J connectivity index is 3.16.